The first-order valence-electron chi connectivity index (χ1n) is 12.6. The highest BCUT2D eigenvalue weighted by atomic mass is 32.2. The monoisotopic (exact) mass is 616 g/mol. The summed E-state index contributed by atoms with van der Waals surface area (Å²) in [5.74, 6) is -3.24. The molecule has 43 heavy (non-hydrogen) atoms. The third-order valence-corrected chi connectivity index (χ3v) is 7.65. The molecule has 0 aliphatic carbocycles. The van der Waals surface area contributed by atoms with Crippen molar-refractivity contribution in [2.75, 3.05) is 5.32 Å². The number of halogens is 4. The highest BCUT2D eigenvalue weighted by molar-refractivity contribution is 7.89. The summed E-state index contributed by atoms with van der Waals surface area (Å²) in [6.07, 6.45) is -3.61. The van der Waals surface area contributed by atoms with Crippen LogP contribution in [-0.2, 0) is 34.0 Å². The van der Waals surface area contributed by atoms with Crippen molar-refractivity contribution in [3.05, 3.63) is 114 Å². The van der Waals surface area contributed by atoms with E-state index in [4.69, 9.17) is 0 Å². The third-order valence-electron chi connectivity index (χ3n) is 6.15. The van der Waals surface area contributed by atoms with Crippen LogP contribution in [0.15, 0.2) is 96.0 Å². The zero-order chi connectivity index (χ0) is 31.2. The first-order valence-corrected chi connectivity index (χ1v) is 14.1. The lowest BCUT2D eigenvalue weighted by molar-refractivity contribution is -0.139. The van der Waals surface area contributed by atoms with Crippen LogP contribution >= 0.6 is 0 Å². The molecule has 3 aromatic carbocycles. The van der Waals surface area contributed by atoms with Crippen LogP contribution in [0, 0.1) is 5.82 Å². The number of carboxylic acid groups (broad SMARTS) is 1. The Morgan fingerprint density at radius 1 is 0.907 bits per heavy atom. The molecule has 1 aromatic heterocycles. The van der Waals surface area contributed by atoms with E-state index in [2.05, 4.69) is 15.6 Å². The molecular weight excluding hydrogens is 592 g/mol. The number of pyridine rings is 1. The number of rotatable bonds is 10. The van der Waals surface area contributed by atoms with Crippen molar-refractivity contribution < 1.29 is 40.7 Å². The molecule has 14 heteroatoms. The van der Waals surface area contributed by atoms with Crippen LogP contribution in [0.1, 0.15) is 16.8 Å². The number of hydrogen-bond acceptors (Lipinski definition) is 5. The largest absolute Gasteiger partial charge is 0.480 e. The van der Waals surface area contributed by atoms with E-state index in [0.717, 1.165) is 5.56 Å². The van der Waals surface area contributed by atoms with Crippen molar-refractivity contribution in [1.82, 2.24) is 15.0 Å². The Kier molecular flexibility index (Phi) is 9.41. The first-order chi connectivity index (χ1) is 20.3. The molecule has 0 fully saturated rings. The summed E-state index contributed by atoms with van der Waals surface area (Å²) in [5, 5.41) is 15.0. The van der Waals surface area contributed by atoms with Crippen LogP contribution in [0.25, 0.3) is 11.1 Å². The molecule has 0 aliphatic rings. The second-order valence-corrected chi connectivity index (χ2v) is 10.9. The summed E-state index contributed by atoms with van der Waals surface area (Å²) >= 11 is 0. The maximum Gasteiger partial charge on any atom is 0.416 e. The van der Waals surface area contributed by atoms with Gasteiger partial charge in [-0.25, -0.2) is 17.6 Å². The van der Waals surface area contributed by atoms with E-state index in [1.165, 1.54) is 0 Å². The van der Waals surface area contributed by atoms with Crippen molar-refractivity contribution in [3.8, 4) is 11.1 Å². The summed E-state index contributed by atoms with van der Waals surface area (Å²) in [4.78, 5) is 27.1. The number of anilines is 1. The number of aliphatic carboxylic acids is 1. The molecule has 4 aromatic rings. The number of benzene rings is 3. The van der Waals surface area contributed by atoms with Crippen LogP contribution in [0.4, 0.5) is 28.0 Å². The predicted octanol–water partition coefficient (Wildman–Crippen LogP) is 5.20. The highest BCUT2D eigenvalue weighted by Crippen LogP contribution is 2.31. The SMILES string of the molecule is O=C(NCc1ccccn1)Nc1cccc(-c2ccc(C[C@H](NS(=O)(=O)c3ccc(C(F)(F)F)cc3F)C(=O)O)cc2)c1. The Bertz CT molecular complexity index is 1720. The summed E-state index contributed by atoms with van der Waals surface area (Å²) in [5.41, 5.74) is 1.66. The normalized spacial score (nSPS) is 12.4. The van der Waals surface area contributed by atoms with Gasteiger partial charge in [0.2, 0.25) is 10.0 Å². The molecule has 4 rings (SSSR count). The molecule has 9 nitrogen and oxygen atoms in total. The second kappa shape index (κ2) is 13.0. The first kappa shape index (κ1) is 31.1. The van der Waals surface area contributed by atoms with Gasteiger partial charge < -0.3 is 15.7 Å². The summed E-state index contributed by atoms with van der Waals surface area (Å²) in [6.45, 7) is 0.237. The smallest absolute Gasteiger partial charge is 0.416 e. The number of urea groups is 1. The molecule has 4 N–H and O–H groups in total. The summed E-state index contributed by atoms with van der Waals surface area (Å²) in [7, 11) is -4.82. The van der Waals surface area contributed by atoms with Crippen LogP contribution in [0.3, 0.4) is 0 Å². The third kappa shape index (κ3) is 8.36. The molecule has 224 valence electrons. The number of sulfonamides is 1. The van der Waals surface area contributed by atoms with Crippen molar-refractivity contribution in [2.24, 2.45) is 0 Å². The van der Waals surface area contributed by atoms with Gasteiger partial charge in [0, 0.05) is 11.9 Å². The fraction of sp³-hybridized carbons (Fsp3) is 0.138. The molecule has 0 spiro atoms. The Morgan fingerprint density at radius 2 is 1.65 bits per heavy atom. The van der Waals surface area contributed by atoms with E-state index in [-0.39, 0.29) is 19.0 Å². The summed E-state index contributed by atoms with van der Waals surface area (Å²) in [6, 6.07) is 17.4. The molecule has 1 heterocycles. The Morgan fingerprint density at radius 3 is 2.28 bits per heavy atom. The quantitative estimate of drug-likeness (QED) is 0.181. The predicted molar refractivity (Wildman–Crippen MR) is 149 cm³/mol. The zero-order valence-electron chi connectivity index (χ0n) is 22.1. The lowest BCUT2D eigenvalue weighted by atomic mass is 10.0. The van der Waals surface area contributed by atoms with Crippen molar-refractivity contribution in [2.45, 2.75) is 30.1 Å². The second-order valence-electron chi connectivity index (χ2n) is 9.27. The van der Waals surface area contributed by atoms with E-state index in [9.17, 15) is 40.7 Å². The van der Waals surface area contributed by atoms with Gasteiger partial charge in [-0.3, -0.25) is 9.78 Å². The maximum atomic E-state index is 14.3. The van der Waals surface area contributed by atoms with Gasteiger partial charge in [0.05, 0.1) is 17.8 Å². The van der Waals surface area contributed by atoms with Gasteiger partial charge in [0.15, 0.2) is 0 Å². The molecule has 0 saturated carbocycles. The van der Waals surface area contributed by atoms with E-state index in [1.54, 1.807) is 72.9 Å². The maximum absolute atomic E-state index is 14.3. The minimum Gasteiger partial charge on any atom is -0.480 e. The average molecular weight is 617 g/mol. The number of amides is 2. The Hall–Kier alpha value is -4.82. The summed E-state index contributed by atoms with van der Waals surface area (Å²) < 4.78 is 79.9. The van der Waals surface area contributed by atoms with Crippen LogP contribution < -0.4 is 15.4 Å². The van der Waals surface area contributed by atoms with E-state index < -0.39 is 50.5 Å². The number of hydrogen-bond donors (Lipinski definition) is 4. The average Bonchev–Trinajstić information content (AvgIpc) is 2.96. The van der Waals surface area contributed by atoms with Gasteiger partial charge in [0.25, 0.3) is 0 Å². The number of nitrogens with one attached hydrogen (secondary N) is 3. The molecule has 0 saturated heterocycles. The van der Waals surface area contributed by atoms with Crippen molar-refractivity contribution in [3.63, 3.8) is 0 Å². The minimum absolute atomic E-state index is 0.0300. The van der Waals surface area contributed by atoms with Crippen LogP contribution in [0.2, 0.25) is 0 Å². The van der Waals surface area contributed by atoms with Gasteiger partial charge in [-0.1, -0.05) is 42.5 Å². The van der Waals surface area contributed by atoms with E-state index in [1.807, 2.05) is 4.72 Å². The lowest BCUT2D eigenvalue weighted by Crippen LogP contribution is -2.42. The molecule has 0 bridgehead atoms. The number of carbonyl (C=O) groups is 2. The molecular formula is C29H24F4N4O5S. The fourth-order valence-electron chi connectivity index (χ4n) is 4.02. The number of alkyl halides is 3. The van der Waals surface area contributed by atoms with E-state index in [0.29, 0.717) is 34.6 Å². The molecule has 0 radical (unpaired) electrons. The number of carboxylic acids is 1. The molecule has 0 unspecified atom stereocenters. The van der Waals surface area contributed by atoms with Crippen molar-refractivity contribution >= 4 is 27.7 Å². The van der Waals surface area contributed by atoms with Gasteiger partial charge in [-0.05, 0) is 65.6 Å². The Balaban J connectivity index is 1.42. The topological polar surface area (TPSA) is 137 Å². The zero-order valence-corrected chi connectivity index (χ0v) is 22.9. The molecule has 0 aliphatic heterocycles. The number of carbonyl (C=O) groups excluding carboxylic acids is 1. The molecule has 1 atom stereocenters. The Labute approximate surface area is 243 Å². The number of aromatic nitrogens is 1. The van der Waals surface area contributed by atoms with Gasteiger partial charge in [0.1, 0.15) is 16.8 Å². The minimum atomic E-state index is -4.89. The lowest BCUT2D eigenvalue weighted by Gasteiger charge is -2.16. The van der Waals surface area contributed by atoms with Gasteiger partial charge >= 0.3 is 18.2 Å². The van der Waals surface area contributed by atoms with Crippen LogP contribution in [0.5, 0.6) is 0 Å². The highest BCUT2D eigenvalue weighted by Gasteiger charge is 2.33. The fourth-order valence-corrected chi connectivity index (χ4v) is 5.27. The van der Waals surface area contributed by atoms with Crippen LogP contribution in [-0.4, -0.2) is 36.6 Å². The van der Waals surface area contributed by atoms with Gasteiger partial charge in [-0.2, -0.15) is 17.9 Å². The van der Waals surface area contributed by atoms with E-state index >= 15 is 0 Å². The van der Waals surface area contributed by atoms with Crippen molar-refractivity contribution in [1.29, 1.82) is 0 Å². The standard InChI is InChI=1S/C29H24F4N4O5S/c30-24-16-21(29(31,32)33)11-12-26(24)43(41,42)37-25(27(38)39)14-18-7-9-19(10-8-18)20-4-3-6-22(15-20)36-28(40)35-17-23-5-1-2-13-34-23/h1-13,15-16,25,37H,14,17H2,(H,38,39)(H2,35,36,40)/t25-/m0/s1. The number of nitrogens with zero attached hydrogens (tertiary/aromatic N) is 1. The van der Waals surface area contributed by atoms with Gasteiger partial charge in [-0.15, -0.1) is 0 Å². The molecule has 2 amide bonds.